The van der Waals surface area contributed by atoms with E-state index in [2.05, 4.69) is 32.9 Å². The van der Waals surface area contributed by atoms with E-state index in [0.717, 1.165) is 10.1 Å². The molecule has 1 N–H and O–H groups in total. The summed E-state index contributed by atoms with van der Waals surface area (Å²) >= 11 is 4.30. The Balaban J connectivity index is 1.44. The molecule has 148 valence electrons. The van der Waals surface area contributed by atoms with Crippen molar-refractivity contribution >= 4 is 53.0 Å². The highest BCUT2D eigenvalue weighted by atomic mass is 32.2. The molecule has 1 heterocycles. The maximum atomic E-state index is 11.9. The molecule has 0 unspecified atom stereocenters. The lowest BCUT2D eigenvalue weighted by molar-refractivity contribution is -0.255. The molecule has 0 saturated carbocycles. The minimum Gasteiger partial charge on any atom is -0.545 e. The maximum absolute atomic E-state index is 11.9. The van der Waals surface area contributed by atoms with Crippen molar-refractivity contribution in [3.05, 3.63) is 71.3 Å². The highest BCUT2D eigenvalue weighted by Crippen LogP contribution is 2.30. The summed E-state index contributed by atoms with van der Waals surface area (Å²) in [5.74, 6) is -0.697. The summed E-state index contributed by atoms with van der Waals surface area (Å²) < 4.78 is 1.54. The number of aromatic carboxylic acids is 1. The number of nitrogens with zero attached hydrogens (tertiary/aromatic N) is 3. The fourth-order valence-corrected chi connectivity index (χ4v) is 4.93. The average Bonchev–Trinajstić information content (AvgIpc) is 3.20. The van der Waals surface area contributed by atoms with Crippen molar-refractivity contribution in [2.75, 3.05) is 5.75 Å². The van der Waals surface area contributed by atoms with Gasteiger partial charge in [-0.15, -0.1) is 10.2 Å². The van der Waals surface area contributed by atoms with Gasteiger partial charge in [-0.2, -0.15) is 5.10 Å². The molecule has 0 radical (unpaired) electrons. The largest absolute Gasteiger partial charge is 0.545 e. The Kier molecular flexibility index (Phi) is 7.79. The van der Waals surface area contributed by atoms with Gasteiger partial charge in [-0.1, -0.05) is 89.5 Å². The molecule has 0 atom stereocenters. The van der Waals surface area contributed by atoms with Crippen LogP contribution in [0.4, 0.5) is 0 Å². The van der Waals surface area contributed by atoms with Crippen molar-refractivity contribution in [3.63, 3.8) is 0 Å². The Morgan fingerprint density at radius 3 is 2.48 bits per heavy atom. The van der Waals surface area contributed by atoms with E-state index in [1.807, 2.05) is 18.2 Å². The third-order valence-corrected chi connectivity index (χ3v) is 6.75. The second-order valence-electron chi connectivity index (χ2n) is 5.56. The van der Waals surface area contributed by atoms with Gasteiger partial charge in [-0.05, 0) is 5.56 Å². The molecule has 3 rings (SSSR count). The number of aromatic nitrogens is 2. The van der Waals surface area contributed by atoms with Crippen molar-refractivity contribution in [1.82, 2.24) is 15.6 Å². The number of carboxylic acids is 1. The first kappa shape index (κ1) is 21.0. The fourth-order valence-electron chi connectivity index (χ4n) is 2.16. The standard InChI is InChI=1S/C19H16N4O3S3/c24-16(21-20-10-14-8-4-5-9-15(14)17(25)26)12-28-19-23-22-18(29-19)27-11-13-6-2-1-3-7-13/h1-10H,11-12H2,(H,21,24)(H,25,26)/p-1. The molecule has 7 nitrogen and oxygen atoms in total. The summed E-state index contributed by atoms with van der Waals surface area (Å²) in [7, 11) is 0. The number of thioether (sulfide) groups is 2. The van der Waals surface area contributed by atoms with Gasteiger partial charge in [0.2, 0.25) is 0 Å². The zero-order valence-corrected chi connectivity index (χ0v) is 17.4. The normalized spacial score (nSPS) is 10.9. The molecule has 10 heteroatoms. The first-order valence-electron chi connectivity index (χ1n) is 8.37. The lowest BCUT2D eigenvalue weighted by atomic mass is 10.1. The average molecular weight is 444 g/mol. The summed E-state index contributed by atoms with van der Waals surface area (Å²) in [6.07, 6.45) is 1.27. The number of carbonyl (C=O) groups excluding carboxylic acids is 2. The number of hydrogen-bond acceptors (Lipinski definition) is 9. The number of hydrazone groups is 1. The second-order valence-corrected chi connectivity index (χ2v) is 8.99. The monoisotopic (exact) mass is 443 g/mol. The van der Waals surface area contributed by atoms with Crippen LogP contribution in [-0.4, -0.2) is 34.0 Å². The molecule has 0 aliphatic rings. The van der Waals surface area contributed by atoms with Crippen LogP contribution in [0.15, 0.2) is 68.4 Å². The van der Waals surface area contributed by atoms with Crippen molar-refractivity contribution in [2.45, 2.75) is 14.4 Å². The number of amides is 1. The van der Waals surface area contributed by atoms with Crippen LogP contribution in [0.5, 0.6) is 0 Å². The molecule has 0 saturated heterocycles. The summed E-state index contributed by atoms with van der Waals surface area (Å²) in [6, 6.07) is 16.3. The fraction of sp³-hybridized carbons (Fsp3) is 0.105. The molecule has 3 aromatic rings. The smallest absolute Gasteiger partial charge is 0.250 e. The number of hydrogen-bond donors (Lipinski definition) is 1. The third kappa shape index (κ3) is 6.70. The van der Waals surface area contributed by atoms with Gasteiger partial charge in [0.05, 0.1) is 17.9 Å². The number of benzene rings is 2. The summed E-state index contributed by atoms with van der Waals surface area (Å²) in [5, 5.41) is 23.0. The van der Waals surface area contributed by atoms with E-state index in [9.17, 15) is 14.7 Å². The van der Waals surface area contributed by atoms with Crippen molar-refractivity contribution < 1.29 is 14.7 Å². The molecule has 0 fully saturated rings. The van der Waals surface area contributed by atoms with Crippen LogP contribution in [0.3, 0.4) is 0 Å². The molecule has 0 spiro atoms. The van der Waals surface area contributed by atoms with E-state index in [1.165, 1.54) is 40.9 Å². The van der Waals surface area contributed by atoms with E-state index >= 15 is 0 Å². The molecule has 1 aromatic heterocycles. The topological polar surface area (TPSA) is 107 Å². The molecule has 1 amide bonds. The van der Waals surface area contributed by atoms with Gasteiger partial charge in [0, 0.05) is 16.9 Å². The number of carbonyl (C=O) groups is 2. The molecular formula is C19H15N4O3S3-. The van der Waals surface area contributed by atoms with Gasteiger partial charge >= 0.3 is 0 Å². The Bertz CT molecular complexity index is 1010. The zero-order chi connectivity index (χ0) is 20.5. The summed E-state index contributed by atoms with van der Waals surface area (Å²) in [5.41, 5.74) is 3.94. The predicted molar refractivity (Wildman–Crippen MR) is 113 cm³/mol. The van der Waals surface area contributed by atoms with Crippen molar-refractivity contribution in [1.29, 1.82) is 0 Å². The Hall–Kier alpha value is -2.69. The number of rotatable bonds is 9. The first-order chi connectivity index (χ1) is 14.1. The van der Waals surface area contributed by atoms with Gasteiger partial charge in [0.1, 0.15) is 0 Å². The van der Waals surface area contributed by atoms with E-state index in [-0.39, 0.29) is 17.2 Å². The number of nitrogens with one attached hydrogen (secondary N) is 1. The maximum Gasteiger partial charge on any atom is 0.250 e. The molecule has 29 heavy (non-hydrogen) atoms. The molecular weight excluding hydrogens is 428 g/mol. The van der Waals surface area contributed by atoms with Crippen molar-refractivity contribution in [3.8, 4) is 0 Å². The predicted octanol–water partition coefficient (Wildman–Crippen LogP) is 2.44. The first-order valence-corrected chi connectivity index (χ1v) is 11.2. The van der Waals surface area contributed by atoms with Crippen LogP contribution >= 0.6 is 34.9 Å². The van der Waals surface area contributed by atoms with Crippen LogP contribution in [0.25, 0.3) is 0 Å². The minimum atomic E-state index is -1.30. The van der Waals surface area contributed by atoms with Gasteiger partial charge in [-0.3, -0.25) is 4.79 Å². The van der Waals surface area contributed by atoms with Crippen LogP contribution in [0.1, 0.15) is 21.5 Å². The van der Waals surface area contributed by atoms with Crippen molar-refractivity contribution in [2.24, 2.45) is 5.10 Å². The van der Waals surface area contributed by atoms with E-state index in [4.69, 9.17) is 0 Å². The Labute approximate surface area is 179 Å². The van der Waals surface area contributed by atoms with Crippen LogP contribution in [0, 0.1) is 0 Å². The zero-order valence-electron chi connectivity index (χ0n) is 15.0. The summed E-state index contributed by atoms with van der Waals surface area (Å²) in [4.78, 5) is 23.0. The quantitative estimate of drug-likeness (QED) is 0.307. The lowest BCUT2D eigenvalue weighted by Gasteiger charge is -2.05. The van der Waals surface area contributed by atoms with Crippen LogP contribution in [0.2, 0.25) is 0 Å². The van der Waals surface area contributed by atoms with Gasteiger partial charge in [0.15, 0.2) is 8.68 Å². The van der Waals surface area contributed by atoms with E-state index in [1.54, 1.807) is 30.0 Å². The highest BCUT2D eigenvalue weighted by Gasteiger charge is 2.08. The van der Waals surface area contributed by atoms with E-state index in [0.29, 0.717) is 9.90 Å². The van der Waals surface area contributed by atoms with E-state index < -0.39 is 5.97 Å². The number of carboxylic acid groups (broad SMARTS) is 1. The molecule has 0 aliphatic carbocycles. The highest BCUT2D eigenvalue weighted by molar-refractivity contribution is 8.03. The Morgan fingerprint density at radius 1 is 1.03 bits per heavy atom. The molecule has 2 aromatic carbocycles. The second kappa shape index (κ2) is 10.7. The summed E-state index contributed by atoms with van der Waals surface area (Å²) in [6.45, 7) is 0. The van der Waals surface area contributed by atoms with Gasteiger partial charge in [0.25, 0.3) is 5.91 Å². The third-order valence-electron chi connectivity index (χ3n) is 3.49. The molecule has 0 aliphatic heterocycles. The molecule has 0 bridgehead atoms. The van der Waals surface area contributed by atoms with Crippen LogP contribution in [-0.2, 0) is 10.5 Å². The Morgan fingerprint density at radius 2 is 1.72 bits per heavy atom. The van der Waals surface area contributed by atoms with Gasteiger partial charge in [-0.25, -0.2) is 5.43 Å². The van der Waals surface area contributed by atoms with Crippen LogP contribution < -0.4 is 10.5 Å². The SMILES string of the molecule is O=C(CSc1nnc(SCc2ccccc2)s1)NN=Cc1ccccc1C(=O)[O-]. The van der Waals surface area contributed by atoms with Gasteiger partial charge < -0.3 is 9.90 Å². The minimum absolute atomic E-state index is 0.00858. The lowest BCUT2D eigenvalue weighted by Crippen LogP contribution is -2.24.